The van der Waals surface area contributed by atoms with Crippen molar-refractivity contribution in [3.8, 4) is 0 Å². The van der Waals surface area contributed by atoms with Gasteiger partial charge in [0.1, 0.15) is 0 Å². The van der Waals surface area contributed by atoms with Gasteiger partial charge in [0, 0.05) is 12.1 Å². The van der Waals surface area contributed by atoms with Gasteiger partial charge in [0.15, 0.2) is 0 Å². The van der Waals surface area contributed by atoms with Crippen molar-refractivity contribution in [1.29, 1.82) is 0 Å². The van der Waals surface area contributed by atoms with Crippen LogP contribution in [-0.2, 0) is 0 Å². The van der Waals surface area contributed by atoms with Crippen molar-refractivity contribution in [3.05, 3.63) is 0 Å². The summed E-state index contributed by atoms with van der Waals surface area (Å²) in [4.78, 5) is 2.53. The monoisotopic (exact) mass is 183 g/mol. The molecule has 1 rings (SSSR count). The third-order valence-corrected chi connectivity index (χ3v) is 4.39. The zero-order valence-corrected chi connectivity index (χ0v) is 10.3. The fourth-order valence-electron chi connectivity index (χ4n) is 2.91. The Morgan fingerprint density at radius 2 is 1.23 bits per heavy atom. The van der Waals surface area contributed by atoms with Crippen LogP contribution in [0.25, 0.3) is 0 Å². The van der Waals surface area contributed by atoms with Gasteiger partial charge in [0.25, 0.3) is 0 Å². The molecule has 0 radical (unpaired) electrons. The molecule has 13 heavy (non-hydrogen) atoms. The molecule has 1 fully saturated rings. The van der Waals surface area contributed by atoms with Gasteiger partial charge >= 0.3 is 0 Å². The van der Waals surface area contributed by atoms with Gasteiger partial charge in [-0.2, -0.15) is 0 Å². The van der Waals surface area contributed by atoms with Gasteiger partial charge in [-0.25, -0.2) is 0 Å². The third kappa shape index (κ3) is 1.76. The second-order valence-electron chi connectivity index (χ2n) is 6.17. The molecule has 2 unspecified atom stereocenters. The Morgan fingerprint density at radius 1 is 0.923 bits per heavy atom. The van der Waals surface area contributed by atoms with E-state index in [9.17, 15) is 0 Å². The van der Waals surface area contributed by atoms with Gasteiger partial charge in [-0.15, -0.1) is 0 Å². The van der Waals surface area contributed by atoms with E-state index >= 15 is 0 Å². The molecular formula is C12H25N. The number of hydrogen-bond acceptors (Lipinski definition) is 1. The Bertz CT molecular complexity index is 173. The second-order valence-corrected chi connectivity index (χ2v) is 6.17. The molecule has 1 aliphatic heterocycles. The lowest BCUT2D eigenvalue weighted by Crippen LogP contribution is -2.57. The Hall–Kier alpha value is -0.0400. The molecule has 1 saturated heterocycles. The van der Waals surface area contributed by atoms with Crippen molar-refractivity contribution in [2.24, 2.45) is 10.8 Å². The first kappa shape index (κ1) is 11.0. The van der Waals surface area contributed by atoms with Crippen molar-refractivity contribution in [2.45, 2.75) is 60.0 Å². The summed E-state index contributed by atoms with van der Waals surface area (Å²) in [6, 6.07) is 1.38. The fourth-order valence-corrected chi connectivity index (χ4v) is 2.91. The van der Waals surface area contributed by atoms with E-state index in [0.29, 0.717) is 22.9 Å². The summed E-state index contributed by atoms with van der Waals surface area (Å²) < 4.78 is 0. The molecule has 1 aliphatic rings. The molecule has 0 spiro atoms. The van der Waals surface area contributed by atoms with E-state index in [1.54, 1.807) is 0 Å². The van der Waals surface area contributed by atoms with Crippen LogP contribution in [0.5, 0.6) is 0 Å². The highest BCUT2D eigenvalue weighted by Crippen LogP contribution is 2.46. The highest BCUT2D eigenvalue weighted by atomic mass is 15.2. The van der Waals surface area contributed by atoms with E-state index in [1.807, 2.05) is 0 Å². The first-order valence-corrected chi connectivity index (χ1v) is 5.40. The highest BCUT2D eigenvalue weighted by Gasteiger charge is 2.45. The molecule has 0 amide bonds. The lowest BCUT2D eigenvalue weighted by molar-refractivity contribution is -0.0503. The normalized spacial score (nSPS) is 39.0. The summed E-state index contributed by atoms with van der Waals surface area (Å²) in [6.07, 6.45) is 1.33. The van der Waals surface area contributed by atoms with Gasteiger partial charge in [-0.05, 0) is 38.1 Å². The molecule has 1 nitrogen and oxygen atoms in total. The maximum atomic E-state index is 2.53. The lowest BCUT2D eigenvalue weighted by atomic mass is 9.64. The molecule has 0 bridgehead atoms. The van der Waals surface area contributed by atoms with Gasteiger partial charge in [0.05, 0.1) is 0 Å². The minimum absolute atomic E-state index is 0.449. The molecule has 0 aliphatic carbocycles. The summed E-state index contributed by atoms with van der Waals surface area (Å²) in [7, 11) is 2.26. The van der Waals surface area contributed by atoms with E-state index in [-0.39, 0.29) is 0 Å². The maximum Gasteiger partial charge on any atom is 0.0118 e. The second kappa shape index (κ2) is 2.98. The number of nitrogens with zero attached hydrogens (tertiary/aromatic N) is 1. The number of hydrogen-bond donors (Lipinski definition) is 0. The SMILES string of the molecule is CC1N(C)C(C)C(C)(C)CC1(C)C. The minimum atomic E-state index is 0.449. The molecule has 0 aromatic carbocycles. The highest BCUT2D eigenvalue weighted by molar-refractivity contribution is 4.98. The minimum Gasteiger partial charge on any atom is -0.300 e. The number of likely N-dealkylation sites (tertiary alicyclic amines) is 1. The number of rotatable bonds is 0. The van der Waals surface area contributed by atoms with Crippen LogP contribution in [0.3, 0.4) is 0 Å². The Kier molecular flexibility index (Phi) is 2.53. The Labute approximate surface area is 83.5 Å². The van der Waals surface area contributed by atoms with Crippen LogP contribution in [0.1, 0.15) is 48.0 Å². The fraction of sp³-hybridized carbons (Fsp3) is 1.00. The predicted molar refractivity (Wildman–Crippen MR) is 58.9 cm³/mol. The third-order valence-electron chi connectivity index (χ3n) is 4.39. The molecule has 0 N–H and O–H groups in total. The quantitative estimate of drug-likeness (QED) is 0.557. The van der Waals surface area contributed by atoms with Crippen LogP contribution in [0, 0.1) is 10.8 Å². The molecule has 1 heterocycles. The van der Waals surface area contributed by atoms with Crippen LogP contribution >= 0.6 is 0 Å². The van der Waals surface area contributed by atoms with E-state index < -0.39 is 0 Å². The zero-order chi connectivity index (χ0) is 10.4. The molecule has 0 aromatic rings. The summed E-state index contributed by atoms with van der Waals surface area (Å²) >= 11 is 0. The molecule has 0 saturated carbocycles. The van der Waals surface area contributed by atoms with Crippen LogP contribution in [0.4, 0.5) is 0 Å². The average molecular weight is 183 g/mol. The number of piperidine rings is 1. The summed E-state index contributed by atoms with van der Waals surface area (Å²) in [5.74, 6) is 0. The van der Waals surface area contributed by atoms with Crippen LogP contribution in [0.2, 0.25) is 0 Å². The van der Waals surface area contributed by atoms with Gasteiger partial charge in [-0.1, -0.05) is 27.7 Å². The molecular weight excluding hydrogens is 158 g/mol. The van der Waals surface area contributed by atoms with E-state index in [0.717, 1.165) is 0 Å². The van der Waals surface area contributed by atoms with Crippen molar-refractivity contribution in [3.63, 3.8) is 0 Å². The average Bonchev–Trinajstić information content (AvgIpc) is 1.96. The Balaban J connectivity index is 2.93. The summed E-state index contributed by atoms with van der Waals surface area (Å²) in [5.41, 5.74) is 0.898. The van der Waals surface area contributed by atoms with Crippen LogP contribution < -0.4 is 0 Å². The van der Waals surface area contributed by atoms with Crippen molar-refractivity contribution in [1.82, 2.24) is 4.90 Å². The summed E-state index contributed by atoms with van der Waals surface area (Å²) in [5, 5.41) is 0. The molecule has 2 atom stereocenters. The van der Waals surface area contributed by atoms with Crippen molar-refractivity contribution >= 4 is 0 Å². The first-order valence-electron chi connectivity index (χ1n) is 5.40. The first-order chi connectivity index (χ1) is 5.68. The molecule has 1 heteroatoms. The smallest absolute Gasteiger partial charge is 0.0118 e. The maximum absolute atomic E-state index is 2.53. The largest absolute Gasteiger partial charge is 0.300 e. The van der Waals surface area contributed by atoms with Crippen LogP contribution in [0.15, 0.2) is 0 Å². The summed E-state index contributed by atoms with van der Waals surface area (Å²) in [6.45, 7) is 14.3. The topological polar surface area (TPSA) is 3.24 Å². The standard InChI is InChI=1S/C12H25N/c1-9-11(3,4)8-12(5,6)10(2)13(9)7/h9-10H,8H2,1-7H3. The van der Waals surface area contributed by atoms with Gasteiger partial charge in [-0.3, -0.25) is 4.90 Å². The Morgan fingerprint density at radius 3 is 1.54 bits per heavy atom. The molecule has 78 valence electrons. The van der Waals surface area contributed by atoms with Gasteiger partial charge < -0.3 is 0 Å². The molecule has 0 aromatic heterocycles. The van der Waals surface area contributed by atoms with Crippen molar-refractivity contribution in [2.75, 3.05) is 7.05 Å². The van der Waals surface area contributed by atoms with E-state index in [1.165, 1.54) is 6.42 Å². The zero-order valence-electron chi connectivity index (χ0n) is 10.3. The van der Waals surface area contributed by atoms with Gasteiger partial charge in [0.2, 0.25) is 0 Å². The van der Waals surface area contributed by atoms with Crippen molar-refractivity contribution < 1.29 is 0 Å². The lowest BCUT2D eigenvalue weighted by Gasteiger charge is -2.55. The van der Waals surface area contributed by atoms with E-state index in [4.69, 9.17) is 0 Å². The van der Waals surface area contributed by atoms with E-state index in [2.05, 4.69) is 53.5 Å². The van der Waals surface area contributed by atoms with Crippen LogP contribution in [-0.4, -0.2) is 24.0 Å². The predicted octanol–water partition coefficient (Wildman–Crippen LogP) is 3.15.